The largest absolute Gasteiger partial charge is 0.338 e. The van der Waals surface area contributed by atoms with Crippen molar-refractivity contribution in [3.05, 3.63) is 88.9 Å². The molecule has 1 atom stereocenters. The number of para-hydroxylation sites is 2. The molecule has 3 aromatic rings. The summed E-state index contributed by atoms with van der Waals surface area (Å²) in [5, 5.41) is 3.44. The Bertz CT molecular complexity index is 1160. The molecule has 150 valence electrons. The second-order valence-corrected chi connectivity index (χ2v) is 7.65. The summed E-state index contributed by atoms with van der Waals surface area (Å²) in [7, 11) is 1.69. The smallest absolute Gasteiger partial charge is 0.329 e. The number of halogens is 1. The minimum absolute atomic E-state index is 0.217. The molecule has 0 radical (unpaired) electrons. The molecule has 1 N–H and O–H groups in total. The number of carbonyl (C=O) groups is 2. The first-order chi connectivity index (χ1) is 14.5. The number of nitrogens with one attached hydrogen (secondary N) is 1. The minimum atomic E-state index is -1.57. The van der Waals surface area contributed by atoms with Crippen molar-refractivity contribution >= 4 is 40.6 Å². The van der Waals surface area contributed by atoms with Gasteiger partial charge in [0.15, 0.2) is 0 Å². The van der Waals surface area contributed by atoms with Crippen molar-refractivity contribution in [2.24, 2.45) is 0 Å². The Kier molecular flexibility index (Phi) is 4.27. The second-order valence-electron chi connectivity index (χ2n) is 7.22. The third-order valence-corrected chi connectivity index (χ3v) is 5.76. The molecule has 2 heterocycles. The fraction of sp³-hybridized carbons (Fsp3) is 0.130. The summed E-state index contributed by atoms with van der Waals surface area (Å²) in [6.45, 7) is 0.217. The Morgan fingerprint density at radius 2 is 1.67 bits per heavy atom. The van der Waals surface area contributed by atoms with Crippen LogP contribution in [0.2, 0.25) is 5.02 Å². The molecule has 0 aromatic heterocycles. The zero-order chi connectivity index (χ0) is 20.9. The van der Waals surface area contributed by atoms with Crippen molar-refractivity contribution in [2.75, 3.05) is 22.2 Å². The predicted octanol–water partition coefficient (Wildman–Crippen LogP) is 4.74. The van der Waals surface area contributed by atoms with Gasteiger partial charge in [0.05, 0.1) is 18.0 Å². The highest BCUT2D eigenvalue weighted by atomic mass is 35.5. The average Bonchev–Trinajstić information content (AvgIpc) is 2.98. The van der Waals surface area contributed by atoms with E-state index in [0.717, 1.165) is 5.56 Å². The van der Waals surface area contributed by atoms with E-state index < -0.39 is 11.8 Å². The van der Waals surface area contributed by atoms with Gasteiger partial charge >= 0.3 is 6.03 Å². The summed E-state index contributed by atoms with van der Waals surface area (Å²) in [6, 6.07) is 21.1. The first-order valence-corrected chi connectivity index (χ1v) is 9.86. The first kappa shape index (κ1) is 18.7. The molecule has 30 heavy (non-hydrogen) atoms. The zero-order valence-corrected chi connectivity index (χ0v) is 16.9. The molecule has 0 saturated heterocycles. The Morgan fingerprint density at radius 1 is 1.00 bits per heavy atom. The molecule has 3 amide bonds. The number of anilines is 3. The average molecular weight is 420 g/mol. The number of fused-ring (bicyclic) bond motifs is 3. The molecular weight excluding hydrogens is 402 g/mol. The van der Waals surface area contributed by atoms with Gasteiger partial charge in [0.2, 0.25) is 0 Å². The van der Waals surface area contributed by atoms with Gasteiger partial charge in [0.1, 0.15) is 0 Å². The van der Waals surface area contributed by atoms with E-state index in [0.29, 0.717) is 27.6 Å². The molecular formula is C23H18ClN3O3. The van der Waals surface area contributed by atoms with E-state index in [-0.39, 0.29) is 12.5 Å². The van der Waals surface area contributed by atoms with Crippen LogP contribution in [0.1, 0.15) is 11.1 Å². The fourth-order valence-electron chi connectivity index (χ4n) is 4.09. The summed E-state index contributed by atoms with van der Waals surface area (Å²) in [5.41, 5.74) is 1.80. The fourth-order valence-corrected chi connectivity index (χ4v) is 4.22. The van der Waals surface area contributed by atoms with E-state index in [1.165, 1.54) is 9.80 Å². The lowest BCUT2D eigenvalue weighted by Crippen LogP contribution is -2.60. The van der Waals surface area contributed by atoms with Gasteiger partial charge in [-0.25, -0.2) is 4.79 Å². The molecule has 0 aliphatic carbocycles. The minimum Gasteiger partial charge on any atom is -0.338 e. The molecule has 0 unspecified atom stereocenters. The molecule has 0 fully saturated rings. The van der Waals surface area contributed by atoms with Gasteiger partial charge in [0.25, 0.3) is 11.6 Å². The number of ether oxygens (including phenoxy) is 1. The standard InChI is InChI=1S/C23H18ClN3O3/c1-26-20-9-5-3-7-18(20)23(21(26)28)27(19-8-4-2-6-15(19)14-30-23)22(29)25-17-12-10-16(24)11-13-17/h2-13H,14H2,1H3,(H,25,29)/t23-/m0/s1. The number of hydrogen-bond acceptors (Lipinski definition) is 3. The van der Waals surface area contributed by atoms with Gasteiger partial charge in [-0.2, -0.15) is 0 Å². The van der Waals surface area contributed by atoms with E-state index in [1.807, 2.05) is 48.5 Å². The molecule has 2 aliphatic heterocycles. The molecule has 2 aliphatic rings. The number of hydrogen-bond donors (Lipinski definition) is 1. The number of carbonyl (C=O) groups excluding carboxylic acids is 2. The van der Waals surface area contributed by atoms with Crippen LogP contribution in [0.3, 0.4) is 0 Å². The lowest BCUT2D eigenvalue weighted by atomic mass is 9.98. The van der Waals surface area contributed by atoms with Crippen LogP contribution >= 0.6 is 11.6 Å². The number of urea groups is 1. The maximum absolute atomic E-state index is 13.6. The normalized spacial score (nSPS) is 19.6. The lowest BCUT2D eigenvalue weighted by molar-refractivity contribution is -0.146. The maximum Gasteiger partial charge on any atom is 0.329 e. The third-order valence-electron chi connectivity index (χ3n) is 5.51. The quantitative estimate of drug-likeness (QED) is 0.619. The van der Waals surface area contributed by atoms with Crippen LogP contribution in [-0.2, 0) is 21.9 Å². The van der Waals surface area contributed by atoms with Gasteiger partial charge in [0, 0.05) is 28.9 Å². The summed E-state index contributed by atoms with van der Waals surface area (Å²) >= 11 is 5.96. The van der Waals surface area contributed by atoms with Crippen molar-refractivity contribution in [1.82, 2.24) is 0 Å². The summed E-state index contributed by atoms with van der Waals surface area (Å²) in [5.74, 6) is -0.315. The number of amides is 3. The molecule has 7 heteroatoms. The zero-order valence-electron chi connectivity index (χ0n) is 16.1. The van der Waals surface area contributed by atoms with Crippen molar-refractivity contribution in [2.45, 2.75) is 12.3 Å². The van der Waals surface area contributed by atoms with E-state index in [4.69, 9.17) is 16.3 Å². The Labute approximate surface area is 178 Å². The van der Waals surface area contributed by atoms with Crippen LogP contribution in [0.25, 0.3) is 0 Å². The number of nitrogens with zero attached hydrogens (tertiary/aromatic N) is 2. The van der Waals surface area contributed by atoms with Crippen LogP contribution in [-0.4, -0.2) is 19.0 Å². The summed E-state index contributed by atoms with van der Waals surface area (Å²) in [6.07, 6.45) is 0. The lowest BCUT2D eigenvalue weighted by Gasteiger charge is -2.43. The summed E-state index contributed by atoms with van der Waals surface area (Å²) < 4.78 is 6.21. The van der Waals surface area contributed by atoms with Crippen molar-refractivity contribution in [3.63, 3.8) is 0 Å². The van der Waals surface area contributed by atoms with Crippen LogP contribution in [0.5, 0.6) is 0 Å². The number of rotatable bonds is 1. The SMILES string of the molecule is CN1C(=O)[C@@]2(OCc3ccccc3N2C(=O)Nc2ccc(Cl)cc2)c2ccccc21. The van der Waals surface area contributed by atoms with Crippen molar-refractivity contribution in [1.29, 1.82) is 0 Å². The van der Waals surface area contributed by atoms with Crippen molar-refractivity contribution < 1.29 is 14.3 Å². The van der Waals surface area contributed by atoms with Gasteiger partial charge < -0.3 is 15.0 Å². The number of likely N-dealkylation sites (N-methyl/N-ethyl adjacent to an activating group) is 1. The molecule has 0 saturated carbocycles. The predicted molar refractivity (Wildman–Crippen MR) is 116 cm³/mol. The second kappa shape index (κ2) is 6.86. The monoisotopic (exact) mass is 419 g/mol. The van der Waals surface area contributed by atoms with Gasteiger partial charge in [-0.1, -0.05) is 48.0 Å². The van der Waals surface area contributed by atoms with Gasteiger partial charge in [-0.15, -0.1) is 0 Å². The van der Waals surface area contributed by atoms with E-state index in [2.05, 4.69) is 5.32 Å². The topological polar surface area (TPSA) is 61.9 Å². The molecule has 6 nitrogen and oxygen atoms in total. The number of benzene rings is 3. The molecule has 3 aromatic carbocycles. The Hall–Kier alpha value is -3.35. The highest BCUT2D eigenvalue weighted by Gasteiger charge is 2.59. The highest BCUT2D eigenvalue weighted by Crippen LogP contribution is 2.49. The van der Waals surface area contributed by atoms with Gasteiger partial charge in [-0.3, -0.25) is 9.69 Å². The molecule has 1 spiro atoms. The van der Waals surface area contributed by atoms with E-state index >= 15 is 0 Å². The van der Waals surface area contributed by atoms with Crippen LogP contribution < -0.4 is 15.1 Å². The van der Waals surface area contributed by atoms with E-state index in [1.54, 1.807) is 31.3 Å². The maximum atomic E-state index is 13.6. The van der Waals surface area contributed by atoms with Crippen LogP contribution in [0, 0.1) is 0 Å². The molecule has 0 bridgehead atoms. The first-order valence-electron chi connectivity index (χ1n) is 9.48. The third kappa shape index (κ3) is 2.61. The highest BCUT2D eigenvalue weighted by molar-refractivity contribution is 6.30. The Morgan fingerprint density at radius 3 is 2.43 bits per heavy atom. The van der Waals surface area contributed by atoms with Crippen LogP contribution in [0.4, 0.5) is 21.9 Å². The van der Waals surface area contributed by atoms with Gasteiger partial charge in [-0.05, 0) is 36.4 Å². The Balaban J connectivity index is 1.67. The summed E-state index contributed by atoms with van der Waals surface area (Å²) in [4.78, 5) is 30.0. The van der Waals surface area contributed by atoms with E-state index in [9.17, 15) is 9.59 Å². The van der Waals surface area contributed by atoms with Crippen molar-refractivity contribution in [3.8, 4) is 0 Å². The molecule has 5 rings (SSSR count). The van der Waals surface area contributed by atoms with Crippen LogP contribution in [0.15, 0.2) is 72.8 Å².